The standard InChI is InChI=1S/C12H21N3O/c1-4-6-16-12-8-11(14-9-15-12)7-10(3)13-5-2/h8-10,13H,4-7H2,1-3H3. The number of likely N-dealkylation sites (N-methyl/N-ethyl adjacent to an activating group) is 1. The van der Waals surface area contributed by atoms with Crippen LogP contribution in [0.5, 0.6) is 5.88 Å². The van der Waals surface area contributed by atoms with Gasteiger partial charge < -0.3 is 10.1 Å². The summed E-state index contributed by atoms with van der Waals surface area (Å²) >= 11 is 0. The van der Waals surface area contributed by atoms with Gasteiger partial charge in [0.25, 0.3) is 0 Å². The lowest BCUT2D eigenvalue weighted by Gasteiger charge is -2.11. The lowest BCUT2D eigenvalue weighted by atomic mass is 10.2. The van der Waals surface area contributed by atoms with Crippen molar-refractivity contribution in [1.82, 2.24) is 15.3 Å². The van der Waals surface area contributed by atoms with Crippen molar-refractivity contribution in [1.29, 1.82) is 0 Å². The van der Waals surface area contributed by atoms with Crippen molar-refractivity contribution in [2.45, 2.75) is 39.7 Å². The quantitative estimate of drug-likeness (QED) is 0.765. The first kappa shape index (κ1) is 12.9. The van der Waals surface area contributed by atoms with Crippen LogP contribution in [0.2, 0.25) is 0 Å². The Kier molecular flexibility index (Phi) is 5.78. The summed E-state index contributed by atoms with van der Waals surface area (Å²) in [7, 11) is 0. The second kappa shape index (κ2) is 7.17. The SMILES string of the molecule is CCCOc1cc(CC(C)NCC)ncn1. The first-order valence-electron chi connectivity index (χ1n) is 5.93. The van der Waals surface area contributed by atoms with Crippen LogP contribution in [-0.4, -0.2) is 29.2 Å². The molecule has 1 aromatic rings. The molecule has 1 unspecified atom stereocenters. The monoisotopic (exact) mass is 223 g/mol. The molecule has 0 aliphatic heterocycles. The van der Waals surface area contributed by atoms with Crippen LogP contribution >= 0.6 is 0 Å². The third-order valence-corrected chi connectivity index (χ3v) is 2.22. The van der Waals surface area contributed by atoms with E-state index in [1.54, 1.807) is 6.33 Å². The minimum Gasteiger partial charge on any atom is -0.478 e. The molecule has 0 fully saturated rings. The Balaban J connectivity index is 2.52. The maximum Gasteiger partial charge on any atom is 0.216 e. The molecule has 0 saturated heterocycles. The highest BCUT2D eigenvalue weighted by molar-refractivity contribution is 5.14. The van der Waals surface area contributed by atoms with E-state index < -0.39 is 0 Å². The average molecular weight is 223 g/mol. The van der Waals surface area contributed by atoms with Crippen molar-refractivity contribution >= 4 is 0 Å². The van der Waals surface area contributed by atoms with Gasteiger partial charge in [-0.3, -0.25) is 0 Å². The van der Waals surface area contributed by atoms with E-state index in [1.807, 2.05) is 6.07 Å². The van der Waals surface area contributed by atoms with E-state index in [0.29, 0.717) is 18.5 Å². The number of rotatable bonds is 7. The van der Waals surface area contributed by atoms with E-state index in [2.05, 4.69) is 36.1 Å². The van der Waals surface area contributed by atoms with Gasteiger partial charge in [-0.2, -0.15) is 0 Å². The largest absolute Gasteiger partial charge is 0.478 e. The van der Waals surface area contributed by atoms with E-state index in [0.717, 1.165) is 25.1 Å². The summed E-state index contributed by atoms with van der Waals surface area (Å²) in [6.45, 7) is 8.02. The third-order valence-electron chi connectivity index (χ3n) is 2.22. The predicted octanol–water partition coefficient (Wildman–Crippen LogP) is 1.81. The fourth-order valence-electron chi connectivity index (χ4n) is 1.51. The molecule has 4 heteroatoms. The topological polar surface area (TPSA) is 47.0 Å². The van der Waals surface area contributed by atoms with Crippen molar-refractivity contribution in [3.8, 4) is 5.88 Å². The molecular formula is C12H21N3O. The van der Waals surface area contributed by atoms with Crippen LogP contribution in [0.1, 0.15) is 32.9 Å². The molecule has 0 amide bonds. The van der Waals surface area contributed by atoms with Crippen LogP contribution in [0.25, 0.3) is 0 Å². The molecule has 0 spiro atoms. The number of hydrogen-bond donors (Lipinski definition) is 1. The Morgan fingerprint density at radius 2 is 2.19 bits per heavy atom. The number of hydrogen-bond acceptors (Lipinski definition) is 4. The molecule has 1 heterocycles. The van der Waals surface area contributed by atoms with Gasteiger partial charge in [-0.1, -0.05) is 13.8 Å². The maximum absolute atomic E-state index is 5.47. The summed E-state index contributed by atoms with van der Waals surface area (Å²) < 4.78 is 5.47. The smallest absolute Gasteiger partial charge is 0.216 e. The van der Waals surface area contributed by atoms with Crippen LogP contribution in [-0.2, 0) is 6.42 Å². The zero-order valence-electron chi connectivity index (χ0n) is 10.4. The fourth-order valence-corrected chi connectivity index (χ4v) is 1.51. The van der Waals surface area contributed by atoms with E-state index in [4.69, 9.17) is 4.74 Å². The van der Waals surface area contributed by atoms with Crippen LogP contribution in [0.4, 0.5) is 0 Å². The predicted molar refractivity (Wildman–Crippen MR) is 64.7 cm³/mol. The van der Waals surface area contributed by atoms with E-state index in [1.165, 1.54) is 0 Å². The molecule has 16 heavy (non-hydrogen) atoms. The van der Waals surface area contributed by atoms with Gasteiger partial charge in [0.15, 0.2) is 0 Å². The van der Waals surface area contributed by atoms with Crippen LogP contribution in [0.3, 0.4) is 0 Å². The number of nitrogens with one attached hydrogen (secondary N) is 1. The van der Waals surface area contributed by atoms with E-state index in [9.17, 15) is 0 Å². The highest BCUT2D eigenvalue weighted by atomic mass is 16.5. The molecule has 1 atom stereocenters. The van der Waals surface area contributed by atoms with Gasteiger partial charge in [0.2, 0.25) is 5.88 Å². The van der Waals surface area contributed by atoms with Crippen LogP contribution in [0, 0.1) is 0 Å². The van der Waals surface area contributed by atoms with Gasteiger partial charge in [-0.15, -0.1) is 0 Å². The van der Waals surface area contributed by atoms with Gasteiger partial charge in [-0.25, -0.2) is 9.97 Å². The third kappa shape index (κ3) is 4.57. The van der Waals surface area contributed by atoms with Crippen LogP contribution < -0.4 is 10.1 Å². The summed E-state index contributed by atoms with van der Waals surface area (Å²) in [5, 5.41) is 3.36. The fraction of sp³-hybridized carbons (Fsp3) is 0.667. The zero-order valence-corrected chi connectivity index (χ0v) is 10.4. The first-order chi connectivity index (χ1) is 7.76. The molecule has 0 aliphatic rings. The highest BCUT2D eigenvalue weighted by Gasteiger charge is 2.04. The Bertz CT molecular complexity index is 304. The van der Waals surface area contributed by atoms with Crippen molar-refractivity contribution in [2.24, 2.45) is 0 Å². The Morgan fingerprint density at radius 1 is 1.38 bits per heavy atom. The normalized spacial score (nSPS) is 12.4. The molecule has 0 aromatic carbocycles. The molecule has 90 valence electrons. The Hall–Kier alpha value is -1.16. The van der Waals surface area contributed by atoms with Gasteiger partial charge in [0.05, 0.1) is 6.61 Å². The lowest BCUT2D eigenvalue weighted by Crippen LogP contribution is -2.27. The second-order valence-electron chi connectivity index (χ2n) is 3.86. The molecular weight excluding hydrogens is 202 g/mol. The van der Waals surface area contributed by atoms with E-state index >= 15 is 0 Å². The Labute approximate surface area is 97.5 Å². The zero-order chi connectivity index (χ0) is 11.8. The minimum absolute atomic E-state index is 0.430. The summed E-state index contributed by atoms with van der Waals surface area (Å²) in [5.41, 5.74) is 1.02. The second-order valence-corrected chi connectivity index (χ2v) is 3.86. The Morgan fingerprint density at radius 3 is 2.88 bits per heavy atom. The molecule has 1 N–H and O–H groups in total. The first-order valence-corrected chi connectivity index (χ1v) is 5.93. The van der Waals surface area contributed by atoms with Gasteiger partial charge in [-0.05, 0) is 19.9 Å². The summed E-state index contributed by atoms with van der Waals surface area (Å²) in [6, 6.07) is 2.35. The van der Waals surface area contributed by atoms with Crippen molar-refractivity contribution in [2.75, 3.05) is 13.2 Å². The summed E-state index contributed by atoms with van der Waals surface area (Å²) in [5.74, 6) is 0.676. The number of nitrogens with zero attached hydrogens (tertiary/aromatic N) is 2. The van der Waals surface area contributed by atoms with Gasteiger partial charge in [0.1, 0.15) is 6.33 Å². The highest BCUT2D eigenvalue weighted by Crippen LogP contribution is 2.08. The summed E-state index contributed by atoms with van der Waals surface area (Å²) in [4.78, 5) is 8.32. The maximum atomic E-state index is 5.47. The molecule has 0 radical (unpaired) electrons. The summed E-state index contributed by atoms with van der Waals surface area (Å²) in [6.07, 6.45) is 3.46. The molecule has 0 aliphatic carbocycles. The van der Waals surface area contributed by atoms with Crippen molar-refractivity contribution < 1.29 is 4.74 Å². The minimum atomic E-state index is 0.430. The van der Waals surface area contributed by atoms with Gasteiger partial charge in [0, 0.05) is 24.2 Å². The molecule has 1 rings (SSSR count). The number of ether oxygens (including phenoxy) is 1. The van der Waals surface area contributed by atoms with Crippen molar-refractivity contribution in [3.63, 3.8) is 0 Å². The van der Waals surface area contributed by atoms with E-state index in [-0.39, 0.29) is 0 Å². The average Bonchev–Trinajstić information content (AvgIpc) is 2.27. The molecule has 0 bridgehead atoms. The van der Waals surface area contributed by atoms with Gasteiger partial charge >= 0.3 is 0 Å². The van der Waals surface area contributed by atoms with Crippen molar-refractivity contribution in [3.05, 3.63) is 18.1 Å². The van der Waals surface area contributed by atoms with Crippen LogP contribution in [0.15, 0.2) is 12.4 Å². The lowest BCUT2D eigenvalue weighted by molar-refractivity contribution is 0.304. The number of aromatic nitrogens is 2. The molecule has 1 aromatic heterocycles. The molecule has 0 saturated carbocycles. The molecule has 4 nitrogen and oxygen atoms in total.